The van der Waals surface area contributed by atoms with E-state index in [9.17, 15) is 4.39 Å². The Kier molecular flexibility index (Phi) is 5.93. The molecule has 1 heterocycles. The maximum absolute atomic E-state index is 13.1. The Labute approximate surface area is 126 Å². The van der Waals surface area contributed by atoms with Crippen molar-refractivity contribution in [3.05, 3.63) is 54.4 Å². The third-order valence-electron chi connectivity index (χ3n) is 3.65. The van der Waals surface area contributed by atoms with E-state index in [-0.39, 0.29) is 11.9 Å². The number of nitrogens with zero attached hydrogens (tertiary/aromatic N) is 2. The maximum atomic E-state index is 13.1. The number of unbranched alkanes of at least 4 members (excludes halogenated alkanes) is 1. The number of hydrogen-bond acceptors (Lipinski definition) is 2. The lowest BCUT2D eigenvalue weighted by Crippen LogP contribution is -2.33. The molecule has 0 radical (unpaired) electrons. The van der Waals surface area contributed by atoms with E-state index in [0.29, 0.717) is 6.04 Å². The van der Waals surface area contributed by atoms with Gasteiger partial charge in [-0.05, 0) is 31.0 Å². The lowest BCUT2D eigenvalue weighted by Gasteiger charge is -2.24. The van der Waals surface area contributed by atoms with Crippen LogP contribution in [0.2, 0.25) is 0 Å². The Morgan fingerprint density at radius 3 is 2.67 bits per heavy atom. The van der Waals surface area contributed by atoms with Crippen molar-refractivity contribution in [3.8, 4) is 0 Å². The highest BCUT2D eigenvalue weighted by molar-refractivity contribution is 5.20. The topological polar surface area (TPSA) is 29.9 Å². The highest BCUT2D eigenvalue weighted by Crippen LogP contribution is 2.20. The van der Waals surface area contributed by atoms with Gasteiger partial charge in [-0.3, -0.25) is 0 Å². The molecule has 114 valence electrons. The van der Waals surface area contributed by atoms with Gasteiger partial charge in [0.25, 0.3) is 0 Å². The molecule has 2 rings (SSSR count). The van der Waals surface area contributed by atoms with Crippen LogP contribution in [0.25, 0.3) is 0 Å². The molecule has 21 heavy (non-hydrogen) atoms. The van der Waals surface area contributed by atoms with E-state index in [2.05, 4.69) is 28.7 Å². The molecule has 4 heteroatoms. The van der Waals surface area contributed by atoms with Crippen LogP contribution in [0.5, 0.6) is 0 Å². The molecular formula is C17H24FN3. The quantitative estimate of drug-likeness (QED) is 0.798. The molecule has 3 nitrogen and oxygen atoms in total. The molecule has 1 aromatic heterocycles. The zero-order chi connectivity index (χ0) is 15.1. The zero-order valence-electron chi connectivity index (χ0n) is 12.8. The molecule has 0 spiro atoms. The first kappa shape index (κ1) is 15.7. The largest absolute Gasteiger partial charge is 0.336 e. The average Bonchev–Trinajstić information content (AvgIpc) is 2.97. The molecule has 2 atom stereocenters. The lowest BCUT2D eigenvalue weighted by atomic mass is 10.00. The van der Waals surface area contributed by atoms with Crippen molar-refractivity contribution in [3.63, 3.8) is 0 Å². The van der Waals surface area contributed by atoms with Gasteiger partial charge in [0.2, 0.25) is 0 Å². The first-order chi connectivity index (χ1) is 10.2. The van der Waals surface area contributed by atoms with E-state index < -0.39 is 0 Å². The van der Waals surface area contributed by atoms with Gasteiger partial charge in [0, 0.05) is 31.0 Å². The molecule has 2 unspecified atom stereocenters. The average molecular weight is 289 g/mol. The molecule has 0 aliphatic carbocycles. The number of nitrogens with one attached hydrogen (secondary N) is 1. The SMILES string of the molecule is CCCCC(NC(C)Cn1ccnc1)c1ccc(F)cc1. The van der Waals surface area contributed by atoms with Gasteiger partial charge in [-0.15, -0.1) is 0 Å². The second-order valence-electron chi connectivity index (χ2n) is 5.57. The van der Waals surface area contributed by atoms with Crippen LogP contribution in [0.15, 0.2) is 43.0 Å². The van der Waals surface area contributed by atoms with E-state index in [4.69, 9.17) is 0 Å². The fourth-order valence-corrected chi connectivity index (χ4v) is 2.56. The summed E-state index contributed by atoms with van der Waals surface area (Å²) in [4.78, 5) is 4.07. The Bertz CT molecular complexity index is 507. The van der Waals surface area contributed by atoms with Gasteiger partial charge in [-0.1, -0.05) is 31.9 Å². The Morgan fingerprint density at radius 1 is 1.29 bits per heavy atom. The van der Waals surface area contributed by atoms with Gasteiger partial charge in [0.1, 0.15) is 5.82 Å². The van der Waals surface area contributed by atoms with E-state index in [0.717, 1.165) is 31.4 Å². The van der Waals surface area contributed by atoms with Crippen molar-refractivity contribution in [1.29, 1.82) is 0 Å². The summed E-state index contributed by atoms with van der Waals surface area (Å²) in [6.07, 6.45) is 8.98. The van der Waals surface area contributed by atoms with Crippen LogP contribution in [0.1, 0.15) is 44.7 Å². The normalized spacial score (nSPS) is 14.0. The smallest absolute Gasteiger partial charge is 0.123 e. The van der Waals surface area contributed by atoms with E-state index in [1.54, 1.807) is 6.20 Å². The van der Waals surface area contributed by atoms with Crippen LogP contribution in [0, 0.1) is 5.82 Å². The number of imidazole rings is 1. The van der Waals surface area contributed by atoms with Crippen LogP contribution in [0.3, 0.4) is 0 Å². The van der Waals surface area contributed by atoms with Gasteiger partial charge in [-0.2, -0.15) is 0 Å². The minimum absolute atomic E-state index is 0.181. The van der Waals surface area contributed by atoms with Gasteiger partial charge in [0.15, 0.2) is 0 Å². The highest BCUT2D eigenvalue weighted by Gasteiger charge is 2.14. The monoisotopic (exact) mass is 289 g/mol. The van der Waals surface area contributed by atoms with E-state index in [1.807, 2.05) is 24.7 Å². The molecule has 0 saturated heterocycles. The van der Waals surface area contributed by atoms with E-state index in [1.165, 1.54) is 12.1 Å². The molecule has 0 aliphatic heterocycles. The van der Waals surface area contributed by atoms with Crippen molar-refractivity contribution in [2.24, 2.45) is 0 Å². The molecule has 0 bridgehead atoms. The summed E-state index contributed by atoms with van der Waals surface area (Å²) in [6.45, 7) is 5.24. The fraction of sp³-hybridized carbons (Fsp3) is 0.471. The van der Waals surface area contributed by atoms with Crippen LogP contribution < -0.4 is 5.32 Å². The van der Waals surface area contributed by atoms with Crippen molar-refractivity contribution in [2.75, 3.05) is 0 Å². The third-order valence-corrected chi connectivity index (χ3v) is 3.65. The molecule has 1 N–H and O–H groups in total. The maximum Gasteiger partial charge on any atom is 0.123 e. The highest BCUT2D eigenvalue weighted by atomic mass is 19.1. The standard InChI is InChI=1S/C17H24FN3/c1-3-4-5-17(15-6-8-16(18)9-7-15)20-14(2)12-21-11-10-19-13-21/h6-11,13-14,17,20H,3-5,12H2,1-2H3. The molecule has 1 aromatic carbocycles. The summed E-state index contributed by atoms with van der Waals surface area (Å²) in [7, 11) is 0. The molecule has 0 amide bonds. The van der Waals surface area contributed by atoms with Crippen LogP contribution in [0.4, 0.5) is 4.39 Å². The Morgan fingerprint density at radius 2 is 2.05 bits per heavy atom. The molecule has 2 aromatic rings. The molecule has 0 fully saturated rings. The van der Waals surface area contributed by atoms with Crippen LogP contribution >= 0.6 is 0 Å². The first-order valence-electron chi connectivity index (χ1n) is 7.66. The summed E-state index contributed by atoms with van der Waals surface area (Å²) < 4.78 is 15.2. The number of rotatable bonds is 8. The molecular weight excluding hydrogens is 265 g/mol. The Hall–Kier alpha value is -1.68. The number of aromatic nitrogens is 2. The summed E-state index contributed by atoms with van der Waals surface area (Å²) in [5.41, 5.74) is 1.15. The second kappa shape index (κ2) is 7.93. The fourth-order valence-electron chi connectivity index (χ4n) is 2.56. The third kappa shape index (κ3) is 4.97. The number of hydrogen-bond donors (Lipinski definition) is 1. The Balaban J connectivity index is 1.99. The van der Waals surface area contributed by atoms with Crippen LogP contribution in [-0.2, 0) is 6.54 Å². The minimum Gasteiger partial charge on any atom is -0.336 e. The van der Waals surface area contributed by atoms with Gasteiger partial charge in [0.05, 0.1) is 6.33 Å². The summed E-state index contributed by atoms with van der Waals surface area (Å²) in [5.74, 6) is -0.181. The number of benzene rings is 1. The van der Waals surface area contributed by atoms with Crippen molar-refractivity contribution in [2.45, 2.75) is 51.7 Å². The van der Waals surface area contributed by atoms with Gasteiger partial charge >= 0.3 is 0 Å². The molecule has 0 aliphatic rings. The first-order valence-corrected chi connectivity index (χ1v) is 7.66. The summed E-state index contributed by atoms with van der Waals surface area (Å²) >= 11 is 0. The zero-order valence-corrected chi connectivity index (χ0v) is 12.8. The minimum atomic E-state index is -0.181. The summed E-state index contributed by atoms with van der Waals surface area (Å²) in [6, 6.07) is 7.43. The summed E-state index contributed by atoms with van der Waals surface area (Å²) in [5, 5.41) is 3.65. The second-order valence-corrected chi connectivity index (χ2v) is 5.57. The van der Waals surface area contributed by atoms with E-state index >= 15 is 0 Å². The lowest BCUT2D eigenvalue weighted by molar-refractivity contribution is 0.391. The van der Waals surface area contributed by atoms with Crippen molar-refractivity contribution >= 4 is 0 Å². The predicted molar refractivity (Wildman–Crippen MR) is 83.5 cm³/mol. The molecule has 0 saturated carbocycles. The van der Waals surface area contributed by atoms with Crippen molar-refractivity contribution in [1.82, 2.24) is 14.9 Å². The number of halogens is 1. The predicted octanol–water partition coefficient (Wildman–Crippen LogP) is 3.93. The van der Waals surface area contributed by atoms with Crippen molar-refractivity contribution < 1.29 is 4.39 Å². The van der Waals surface area contributed by atoms with Gasteiger partial charge < -0.3 is 9.88 Å². The van der Waals surface area contributed by atoms with Gasteiger partial charge in [-0.25, -0.2) is 9.37 Å². The van der Waals surface area contributed by atoms with Crippen LogP contribution in [-0.4, -0.2) is 15.6 Å².